The van der Waals surface area contributed by atoms with E-state index in [9.17, 15) is 13.2 Å². The molecule has 1 aromatic heterocycles. The Morgan fingerprint density at radius 3 is 2.73 bits per heavy atom. The summed E-state index contributed by atoms with van der Waals surface area (Å²) in [6.07, 6.45) is 1.26. The molecule has 1 atom stereocenters. The van der Waals surface area contributed by atoms with E-state index >= 15 is 0 Å². The predicted molar refractivity (Wildman–Crippen MR) is 57.5 cm³/mol. The van der Waals surface area contributed by atoms with Gasteiger partial charge in [0.05, 0.1) is 0 Å². The van der Waals surface area contributed by atoms with Gasteiger partial charge in [-0.05, 0) is 18.4 Å². The van der Waals surface area contributed by atoms with Crippen LogP contribution in [0.3, 0.4) is 0 Å². The van der Waals surface area contributed by atoms with E-state index in [2.05, 4.69) is 0 Å². The number of primary sulfonamides is 1. The molecule has 0 fully saturated rings. The van der Waals surface area contributed by atoms with Gasteiger partial charge in [-0.1, -0.05) is 6.92 Å². The number of thiophene rings is 1. The van der Waals surface area contributed by atoms with Crippen LogP contribution >= 0.6 is 11.3 Å². The molecule has 0 radical (unpaired) electrons. The molecular weight excluding hydrogens is 234 g/mol. The van der Waals surface area contributed by atoms with Gasteiger partial charge in [0, 0.05) is 16.9 Å². The minimum absolute atomic E-state index is 0.0231. The van der Waals surface area contributed by atoms with Crippen molar-refractivity contribution in [3.8, 4) is 0 Å². The fraction of sp³-hybridized carbons (Fsp3) is 0.444. The molecule has 1 aromatic rings. The lowest BCUT2D eigenvalue weighted by Gasteiger charge is -2.15. The molecular formula is C9H11NO3S2. The third-order valence-electron chi connectivity index (χ3n) is 2.43. The van der Waals surface area contributed by atoms with Crippen LogP contribution in [-0.4, -0.2) is 14.2 Å². The minimum atomic E-state index is -3.67. The predicted octanol–water partition coefficient (Wildman–Crippen LogP) is 1.16. The van der Waals surface area contributed by atoms with Crippen molar-refractivity contribution < 1.29 is 13.2 Å². The molecule has 82 valence electrons. The number of ketones is 1. The van der Waals surface area contributed by atoms with E-state index in [1.165, 1.54) is 6.07 Å². The molecule has 0 bridgehead atoms. The van der Waals surface area contributed by atoms with Crippen molar-refractivity contribution in [1.29, 1.82) is 0 Å². The normalized spacial score (nSPS) is 21.5. The average Bonchev–Trinajstić information content (AvgIpc) is 2.46. The van der Waals surface area contributed by atoms with Gasteiger partial charge >= 0.3 is 0 Å². The van der Waals surface area contributed by atoms with Gasteiger partial charge in [-0.15, -0.1) is 11.3 Å². The summed E-state index contributed by atoms with van der Waals surface area (Å²) in [5, 5.41) is 5.02. The molecule has 2 rings (SSSR count). The van der Waals surface area contributed by atoms with E-state index in [1.807, 2.05) is 6.92 Å². The summed E-state index contributed by atoms with van der Waals surface area (Å²) in [5.41, 5.74) is 0.544. The van der Waals surface area contributed by atoms with Gasteiger partial charge in [0.2, 0.25) is 10.0 Å². The van der Waals surface area contributed by atoms with Crippen LogP contribution in [0.2, 0.25) is 0 Å². The highest BCUT2D eigenvalue weighted by molar-refractivity contribution is 7.91. The smallest absolute Gasteiger partial charge is 0.247 e. The number of hydrogen-bond acceptors (Lipinski definition) is 4. The van der Waals surface area contributed by atoms with Crippen molar-refractivity contribution in [3.05, 3.63) is 16.5 Å². The van der Waals surface area contributed by atoms with Gasteiger partial charge in [-0.25, -0.2) is 13.6 Å². The van der Waals surface area contributed by atoms with Crippen molar-refractivity contribution in [2.45, 2.75) is 24.0 Å². The van der Waals surface area contributed by atoms with E-state index in [1.54, 1.807) is 0 Å². The average molecular weight is 245 g/mol. The van der Waals surface area contributed by atoms with Crippen LogP contribution < -0.4 is 5.14 Å². The standard InChI is InChI=1S/C9H11NO3S2/c1-5-2-7(11)6-4-9(15(10,12)13)14-8(6)3-5/h4-5H,2-3H2,1H3,(H2,10,12,13)/t5-/m0/s1. The molecule has 4 nitrogen and oxygen atoms in total. The van der Waals surface area contributed by atoms with E-state index < -0.39 is 10.0 Å². The Morgan fingerprint density at radius 1 is 1.47 bits per heavy atom. The molecule has 1 heterocycles. The first-order valence-electron chi connectivity index (χ1n) is 4.56. The molecule has 1 aliphatic rings. The van der Waals surface area contributed by atoms with Crippen molar-refractivity contribution in [2.24, 2.45) is 11.1 Å². The first kappa shape index (κ1) is 10.8. The fourth-order valence-corrected chi connectivity index (χ4v) is 3.87. The summed E-state index contributed by atoms with van der Waals surface area (Å²) in [5.74, 6) is 0.312. The van der Waals surface area contributed by atoms with Gasteiger partial charge in [0.1, 0.15) is 4.21 Å². The summed E-state index contributed by atoms with van der Waals surface area (Å²) >= 11 is 1.12. The maximum Gasteiger partial charge on any atom is 0.247 e. The Bertz CT molecular complexity index is 515. The molecule has 0 aromatic carbocycles. The van der Waals surface area contributed by atoms with Crippen molar-refractivity contribution >= 4 is 27.1 Å². The van der Waals surface area contributed by atoms with Crippen molar-refractivity contribution in [3.63, 3.8) is 0 Å². The number of hydrogen-bond donors (Lipinski definition) is 1. The zero-order valence-corrected chi connectivity index (χ0v) is 9.82. The number of carbonyl (C=O) groups is 1. The quantitative estimate of drug-likeness (QED) is 0.806. The third-order valence-corrected chi connectivity index (χ3v) is 5.01. The summed E-state index contributed by atoms with van der Waals surface area (Å²) in [6, 6.07) is 1.41. The molecule has 0 saturated heterocycles. The Hall–Kier alpha value is -0.720. The highest BCUT2D eigenvalue weighted by atomic mass is 32.2. The van der Waals surface area contributed by atoms with Crippen molar-refractivity contribution in [1.82, 2.24) is 0 Å². The Balaban J connectivity index is 2.53. The Labute approximate surface area is 92.2 Å². The maximum atomic E-state index is 11.6. The Morgan fingerprint density at radius 2 is 2.13 bits per heavy atom. The van der Waals surface area contributed by atoms with Crippen LogP contribution in [0.15, 0.2) is 10.3 Å². The molecule has 2 N–H and O–H groups in total. The number of fused-ring (bicyclic) bond motifs is 1. The van der Waals surface area contributed by atoms with E-state index in [4.69, 9.17) is 5.14 Å². The lowest BCUT2D eigenvalue weighted by atomic mass is 9.90. The molecule has 1 aliphatic carbocycles. The first-order valence-corrected chi connectivity index (χ1v) is 6.93. The molecule has 15 heavy (non-hydrogen) atoms. The number of Topliss-reactive ketones (excluding diaryl/α,β-unsaturated/α-hetero) is 1. The van der Waals surface area contributed by atoms with E-state index in [-0.39, 0.29) is 15.9 Å². The number of rotatable bonds is 1. The summed E-state index contributed by atoms with van der Waals surface area (Å²) in [4.78, 5) is 12.5. The summed E-state index contributed by atoms with van der Waals surface area (Å²) < 4.78 is 22.3. The maximum absolute atomic E-state index is 11.6. The molecule has 0 spiro atoms. The van der Waals surface area contributed by atoms with Crippen LogP contribution in [0.5, 0.6) is 0 Å². The molecule has 0 aliphatic heterocycles. The van der Waals surface area contributed by atoms with E-state index in [0.29, 0.717) is 12.0 Å². The number of carbonyl (C=O) groups excluding carboxylic acids is 1. The molecule has 0 unspecified atom stereocenters. The van der Waals surface area contributed by atoms with Gasteiger partial charge in [-0.3, -0.25) is 4.79 Å². The summed E-state index contributed by atoms with van der Waals surface area (Å²) in [6.45, 7) is 1.98. The molecule has 0 amide bonds. The van der Waals surface area contributed by atoms with Crippen LogP contribution in [0.1, 0.15) is 28.6 Å². The topological polar surface area (TPSA) is 77.2 Å². The highest BCUT2D eigenvalue weighted by Gasteiger charge is 2.27. The van der Waals surface area contributed by atoms with E-state index in [0.717, 1.165) is 22.6 Å². The largest absolute Gasteiger partial charge is 0.294 e. The van der Waals surface area contributed by atoms with Crippen LogP contribution in [0, 0.1) is 5.92 Å². The second-order valence-corrected chi connectivity index (χ2v) is 6.81. The SMILES string of the molecule is C[C@H]1CC(=O)c2cc(S(N)(=O)=O)sc2C1. The minimum Gasteiger partial charge on any atom is -0.294 e. The lowest BCUT2D eigenvalue weighted by Crippen LogP contribution is -2.15. The van der Waals surface area contributed by atoms with Gasteiger partial charge in [0.15, 0.2) is 5.78 Å². The Kier molecular flexibility index (Phi) is 2.44. The lowest BCUT2D eigenvalue weighted by molar-refractivity contribution is 0.0954. The van der Waals surface area contributed by atoms with Crippen LogP contribution in [0.4, 0.5) is 0 Å². The highest BCUT2D eigenvalue weighted by Crippen LogP contribution is 2.33. The monoisotopic (exact) mass is 245 g/mol. The number of nitrogens with two attached hydrogens (primary N) is 1. The second kappa shape index (κ2) is 3.40. The molecule has 6 heteroatoms. The fourth-order valence-electron chi connectivity index (χ4n) is 1.75. The van der Waals surface area contributed by atoms with Gasteiger partial charge in [0.25, 0.3) is 0 Å². The second-order valence-electron chi connectivity index (χ2n) is 3.88. The molecule has 0 saturated carbocycles. The zero-order chi connectivity index (χ0) is 11.2. The zero-order valence-electron chi connectivity index (χ0n) is 8.19. The van der Waals surface area contributed by atoms with Crippen LogP contribution in [0.25, 0.3) is 0 Å². The third kappa shape index (κ3) is 1.97. The number of sulfonamides is 1. The van der Waals surface area contributed by atoms with Gasteiger partial charge < -0.3 is 0 Å². The van der Waals surface area contributed by atoms with Crippen LogP contribution in [-0.2, 0) is 16.4 Å². The summed E-state index contributed by atoms with van der Waals surface area (Å²) in [7, 11) is -3.67. The van der Waals surface area contributed by atoms with Gasteiger partial charge in [-0.2, -0.15) is 0 Å². The first-order chi connectivity index (χ1) is 6.88. The van der Waals surface area contributed by atoms with Crippen molar-refractivity contribution in [2.75, 3.05) is 0 Å².